The first-order valence-electron chi connectivity index (χ1n) is 6.34. The number of hydrogen-bond donors (Lipinski definition) is 0. The molecular weight excluding hydrogens is 302 g/mol. The Hall–Kier alpha value is -1.61. The van der Waals surface area contributed by atoms with E-state index in [4.69, 9.17) is 0 Å². The van der Waals surface area contributed by atoms with E-state index in [0.29, 0.717) is 6.42 Å². The van der Waals surface area contributed by atoms with Crippen molar-refractivity contribution in [2.24, 2.45) is 0 Å². The molecule has 2 aromatic rings. The summed E-state index contributed by atoms with van der Waals surface area (Å²) in [5.41, 5.74) is 3.25. The first kappa shape index (κ1) is 12.4. The molecule has 3 rings (SSSR count). The molecule has 2 aromatic carbocycles. The van der Waals surface area contributed by atoms with Crippen LogP contribution >= 0.6 is 15.9 Å². The topological polar surface area (TPSA) is 20.3 Å². The van der Waals surface area contributed by atoms with Crippen molar-refractivity contribution in [3.63, 3.8) is 0 Å². The van der Waals surface area contributed by atoms with Gasteiger partial charge in [-0.25, -0.2) is 0 Å². The molecule has 1 heterocycles. The van der Waals surface area contributed by atoms with E-state index in [1.54, 1.807) is 0 Å². The lowest BCUT2D eigenvalue weighted by Gasteiger charge is -2.20. The van der Waals surface area contributed by atoms with E-state index in [1.807, 2.05) is 41.3 Å². The van der Waals surface area contributed by atoms with Crippen LogP contribution in [0.3, 0.4) is 0 Å². The van der Waals surface area contributed by atoms with E-state index >= 15 is 0 Å². The number of rotatable bonds is 2. The van der Waals surface area contributed by atoms with E-state index in [1.165, 1.54) is 0 Å². The van der Waals surface area contributed by atoms with Crippen molar-refractivity contribution < 1.29 is 4.79 Å². The van der Waals surface area contributed by atoms with Gasteiger partial charge in [-0.3, -0.25) is 4.79 Å². The Kier molecular flexibility index (Phi) is 3.38. The van der Waals surface area contributed by atoms with Gasteiger partial charge in [0.15, 0.2) is 0 Å². The molecule has 0 saturated carbocycles. The summed E-state index contributed by atoms with van der Waals surface area (Å²) in [7, 11) is 0. The molecule has 0 aliphatic carbocycles. The molecule has 3 heteroatoms. The summed E-state index contributed by atoms with van der Waals surface area (Å²) in [6.45, 7) is 0.739. The maximum Gasteiger partial charge on any atom is 0.228 e. The predicted octanol–water partition coefficient (Wildman–Crippen LogP) is 3.85. The highest BCUT2D eigenvalue weighted by Crippen LogP contribution is 2.34. The average molecular weight is 316 g/mol. The van der Waals surface area contributed by atoms with Gasteiger partial charge in [0.2, 0.25) is 5.91 Å². The molecule has 1 saturated heterocycles. The number of anilines is 1. The number of carbonyl (C=O) groups excluding carboxylic acids is 1. The number of benzene rings is 2. The van der Waals surface area contributed by atoms with Gasteiger partial charge in [-0.05, 0) is 11.6 Å². The van der Waals surface area contributed by atoms with Crippen LogP contribution in [0, 0.1) is 0 Å². The standard InChI is InChI=1S/C16H14BrNO/c17-13-10-16(19)18(11-13)15-9-5-4-8-14(15)12-6-2-1-3-7-12/h1-9,13H,10-11H2. The zero-order chi connectivity index (χ0) is 13.2. The van der Waals surface area contributed by atoms with Gasteiger partial charge in [0.05, 0.1) is 5.69 Å². The Balaban J connectivity index is 2.06. The van der Waals surface area contributed by atoms with Gasteiger partial charge in [-0.1, -0.05) is 64.5 Å². The third-order valence-electron chi connectivity index (χ3n) is 3.36. The van der Waals surface area contributed by atoms with Crippen LogP contribution in [0.25, 0.3) is 11.1 Å². The fraction of sp³-hybridized carbons (Fsp3) is 0.188. The van der Waals surface area contributed by atoms with Crippen LogP contribution in [-0.2, 0) is 4.79 Å². The minimum atomic E-state index is 0.185. The first-order valence-corrected chi connectivity index (χ1v) is 7.26. The second kappa shape index (κ2) is 5.17. The number of para-hydroxylation sites is 1. The molecule has 1 fully saturated rings. The van der Waals surface area contributed by atoms with Crippen LogP contribution in [0.4, 0.5) is 5.69 Å². The smallest absolute Gasteiger partial charge is 0.228 e. The third-order valence-corrected chi connectivity index (χ3v) is 3.97. The molecule has 1 aliphatic rings. The zero-order valence-corrected chi connectivity index (χ0v) is 12.0. The Labute approximate surface area is 121 Å². The SMILES string of the molecule is O=C1CC(Br)CN1c1ccccc1-c1ccccc1. The van der Waals surface area contributed by atoms with Crippen LogP contribution < -0.4 is 4.90 Å². The Morgan fingerprint density at radius 1 is 1.00 bits per heavy atom. The van der Waals surface area contributed by atoms with Crippen LogP contribution in [-0.4, -0.2) is 17.3 Å². The predicted molar refractivity (Wildman–Crippen MR) is 81.6 cm³/mol. The molecule has 1 atom stereocenters. The maximum absolute atomic E-state index is 12.1. The van der Waals surface area contributed by atoms with Crippen molar-refractivity contribution in [1.29, 1.82) is 0 Å². The molecule has 0 aromatic heterocycles. The summed E-state index contributed by atoms with van der Waals surface area (Å²) >= 11 is 3.53. The lowest BCUT2D eigenvalue weighted by Crippen LogP contribution is -2.25. The average Bonchev–Trinajstić information content (AvgIpc) is 2.79. The molecule has 1 unspecified atom stereocenters. The number of alkyl halides is 1. The summed E-state index contributed by atoms with van der Waals surface area (Å²) in [4.78, 5) is 14.2. The normalized spacial score (nSPS) is 18.9. The fourth-order valence-electron chi connectivity index (χ4n) is 2.47. The van der Waals surface area contributed by atoms with Crippen molar-refractivity contribution in [3.05, 3.63) is 54.6 Å². The van der Waals surface area contributed by atoms with Crippen LogP contribution in [0.15, 0.2) is 54.6 Å². The molecule has 1 aliphatic heterocycles. The summed E-state index contributed by atoms with van der Waals surface area (Å²) in [5, 5.41) is 0. The van der Waals surface area contributed by atoms with E-state index in [2.05, 4.69) is 34.1 Å². The van der Waals surface area contributed by atoms with E-state index in [0.717, 1.165) is 23.4 Å². The monoisotopic (exact) mass is 315 g/mol. The quantitative estimate of drug-likeness (QED) is 0.771. The summed E-state index contributed by atoms with van der Waals surface area (Å²) in [6, 6.07) is 18.3. The summed E-state index contributed by atoms with van der Waals surface area (Å²) in [5.74, 6) is 0.185. The highest BCUT2D eigenvalue weighted by molar-refractivity contribution is 9.09. The second-order valence-electron chi connectivity index (χ2n) is 4.69. The molecule has 19 heavy (non-hydrogen) atoms. The van der Waals surface area contributed by atoms with Crippen LogP contribution in [0.5, 0.6) is 0 Å². The third kappa shape index (κ3) is 2.43. The summed E-state index contributed by atoms with van der Waals surface area (Å²) in [6.07, 6.45) is 0.573. The van der Waals surface area contributed by atoms with Gasteiger partial charge >= 0.3 is 0 Å². The van der Waals surface area contributed by atoms with Gasteiger partial charge in [0.25, 0.3) is 0 Å². The molecule has 2 nitrogen and oxygen atoms in total. The Bertz CT molecular complexity index is 597. The second-order valence-corrected chi connectivity index (χ2v) is 5.98. The van der Waals surface area contributed by atoms with E-state index < -0.39 is 0 Å². The van der Waals surface area contributed by atoms with Crippen LogP contribution in [0.1, 0.15) is 6.42 Å². The van der Waals surface area contributed by atoms with Gasteiger partial charge in [0, 0.05) is 23.4 Å². The maximum atomic E-state index is 12.1. The summed E-state index contributed by atoms with van der Waals surface area (Å²) < 4.78 is 0. The zero-order valence-electron chi connectivity index (χ0n) is 10.4. The highest BCUT2D eigenvalue weighted by Gasteiger charge is 2.30. The Morgan fingerprint density at radius 3 is 2.37 bits per heavy atom. The Morgan fingerprint density at radius 2 is 1.68 bits per heavy atom. The molecule has 0 N–H and O–H groups in total. The lowest BCUT2D eigenvalue weighted by molar-refractivity contribution is -0.117. The number of hydrogen-bond acceptors (Lipinski definition) is 1. The lowest BCUT2D eigenvalue weighted by atomic mass is 10.0. The van der Waals surface area contributed by atoms with Crippen molar-refractivity contribution in [2.75, 3.05) is 11.4 Å². The fourth-order valence-corrected chi connectivity index (χ4v) is 3.03. The molecule has 0 radical (unpaired) electrons. The van der Waals surface area contributed by atoms with Gasteiger partial charge in [-0.2, -0.15) is 0 Å². The molecule has 0 bridgehead atoms. The first-order chi connectivity index (χ1) is 9.25. The molecule has 96 valence electrons. The number of carbonyl (C=O) groups is 1. The van der Waals surface area contributed by atoms with E-state index in [-0.39, 0.29) is 10.7 Å². The number of amides is 1. The van der Waals surface area contributed by atoms with E-state index in [9.17, 15) is 4.79 Å². The molecular formula is C16H14BrNO. The minimum Gasteiger partial charge on any atom is -0.311 e. The van der Waals surface area contributed by atoms with Crippen molar-refractivity contribution in [2.45, 2.75) is 11.2 Å². The molecule has 0 spiro atoms. The van der Waals surface area contributed by atoms with Crippen molar-refractivity contribution >= 4 is 27.5 Å². The number of halogens is 1. The number of nitrogens with zero attached hydrogens (tertiary/aromatic N) is 1. The highest BCUT2D eigenvalue weighted by atomic mass is 79.9. The van der Waals surface area contributed by atoms with Crippen molar-refractivity contribution in [1.82, 2.24) is 0 Å². The van der Waals surface area contributed by atoms with Gasteiger partial charge in [-0.15, -0.1) is 0 Å². The van der Waals surface area contributed by atoms with Crippen LogP contribution in [0.2, 0.25) is 0 Å². The largest absolute Gasteiger partial charge is 0.311 e. The van der Waals surface area contributed by atoms with Gasteiger partial charge < -0.3 is 4.90 Å². The minimum absolute atomic E-state index is 0.185. The molecule has 1 amide bonds. The van der Waals surface area contributed by atoms with Gasteiger partial charge in [0.1, 0.15) is 0 Å². The van der Waals surface area contributed by atoms with Crippen molar-refractivity contribution in [3.8, 4) is 11.1 Å².